The van der Waals surface area contributed by atoms with E-state index in [2.05, 4.69) is 10.0 Å². The van der Waals surface area contributed by atoms with Gasteiger partial charge in [0.25, 0.3) is 0 Å². The van der Waals surface area contributed by atoms with Crippen molar-refractivity contribution in [3.8, 4) is 0 Å². The predicted molar refractivity (Wildman–Crippen MR) is 79.6 cm³/mol. The fraction of sp³-hybridized carbons (Fsp3) is 0.133. The average molecular weight is 374 g/mol. The summed E-state index contributed by atoms with van der Waals surface area (Å²) in [6.07, 6.45) is -10.7. The molecule has 26 heavy (non-hydrogen) atoms. The molecule has 0 spiro atoms. The summed E-state index contributed by atoms with van der Waals surface area (Å²) in [5, 5.41) is 2.71. The SMILES string of the molecule is [N-]=[N+]=NC(=O)N(c1ccccc1)c1cccc(C(F)(F)F)c1C(F)(F)F. The quantitative estimate of drug-likeness (QED) is 0.263. The van der Waals surface area contributed by atoms with Crippen LogP contribution >= 0.6 is 0 Å². The van der Waals surface area contributed by atoms with E-state index in [4.69, 9.17) is 5.53 Å². The highest BCUT2D eigenvalue weighted by atomic mass is 19.4. The van der Waals surface area contributed by atoms with Gasteiger partial charge in [-0.15, -0.1) is 0 Å². The van der Waals surface area contributed by atoms with Gasteiger partial charge in [-0.25, -0.2) is 0 Å². The third-order valence-corrected chi connectivity index (χ3v) is 3.21. The van der Waals surface area contributed by atoms with Gasteiger partial charge in [-0.1, -0.05) is 24.3 Å². The van der Waals surface area contributed by atoms with Crippen LogP contribution in [-0.2, 0) is 12.4 Å². The number of azide groups is 1. The van der Waals surface area contributed by atoms with Crippen LogP contribution in [0.15, 0.2) is 53.6 Å². The van der Waals surface area contributed by atoms with Gasteiger partial charge in [0.05, 0.1) is 16.8 Å². The zero-order valence-electron chi connectivity index (χ0n) is 12.6. The number of amides is 2. The number of nitrogens with zero attached hydrogens (tertiary/aromatic N) is 4. The van der Waals surface area contributed by atoms with Crippen molar-refractivity contribution in [3.63, 3.8) is 0 Å². The Morgan fingerprint density at radius 1 is 0.923 bits per heavy atom. The monoisotopic (exact) mass is 374 g/mol. The Kier molecular flexibility index (Phi) is 5.12. The highest BCUT2D eigenvalue weighted by molar-refractivity contribution is 6.00. The summed E-state index contributed by atoms with van der Waals surface area (Å²) in [5.41, 5.74) is 3.08. The second kappa shape index (κ2) is 6.96. The second-order valence-electron chi connectivity index (χ2n) is 4.84. The van der Waals surface area contributed by atoms with Crippen molar-refractivity contribution in [3.05, 3.63) is 70.1 Å². The number of hydrogen-bond donors (Lipinski definition) is 0. The molecule has 2 amide bonds. The molecule has 2 aromatic rings. The molecule has 11 heteroatoms. The van der Waals surface area contributed by atoms with Crippen molar-refractivity contribution < 1.29 is 31.1 Å². The highest BCUT2D eigenvalue weighted by Crippen LogP contribution is 2.46. The van der Waals surface area contributed by atoms with Gasteiger partial charge >= 0.3 is 18.4 Å². The fourth-order valence-electron chi connectivity index (χ4n) is 2.27. The van der Waals surface area contributed by atoms with Crippen molar-refractivity contribution in [2.24, 2.45) is 5.11 Å². The first-order chi connectivity index (χ1) is 12.1. The summed E-state index contributed by atoms with van der Waals surface area (Å²) >= 11 is 0. The van der Waals surface area contributed by atoms with Crippen LogP contribution < -0.4 is 4.90 Å². The van der Waals surface area contributed by atoms with Crippen LogP contribution in [0.5, 0.6) is 0 Å². The van der Waals surface area contributed by atoms with Gasteiger partial charge in [-0.05, 0) is 29.8 Å². The number of halogens is 6. The molecule has 2 rings (SSSR count). The minimum atomic E-state index is -5.43. The zero-order valence-corrected chi connectivity index (χ0v) is 12.6. The van der Waals surface area contributed by atoms with Gasteiger partial charge < -0.3 is 0 Å². The Hall–Kier alpha value is -3.20. The molecule has 0 unspecified atom stereocenters. The van der Waals surface area contributed by atoms with Gasteiger partial charge in [0.2, 0.25) is 0 Å². The first-order valence-corrected chi connectivity index (χ1v) is 6.79. The lowest BCUT2D eigenvalue weighted by molar-refractivity contribution is -0.161. The first kappa shape index (κ1) is 19.1. The van der Waals surface area contributed by atoms with E-state index >= 15 is 0 Å². The van der Waals surface area contributed by atoms with Crippen molar-refractivity contribution in [1.82, 2.24) is 0 Å². The molecular weight excluding hydrogens is 366 g/mol. The topological polar surface area (TPSA) is 69.1 Å². The molecule has 0 saturated heterocycles. The Morgan fingerprint density at radius 2 is 1.54 bits per heavy atom. The van der Waals surface area contributed by atoms with Crippen LogP contribution in [0, 0.1) is 0 Å². The lowest BCUT2D eigenvalue weighted by atomic mass is 10.0. The van der Waals surface area contributed by atoms with Crippen LogP contribution in [0.3, 0.4) is 0 Å². The van der Waals surface area contributed by atoms with Crippen LogP contribution in [0.25, 0.3) is 10.4 Å². The first-order valence-electron chi connectivity index (χ1n) is 6.79. The molecule has 0 aromatic heterocycles. The van der Waals surface area contributed by atoms with E-state index in [1.807, 2.05) is 0 Å². The summed E-state index contributed by atoms with van der Waals surface area (Å²) in [4.78, 5) is 14.5. The molecule has 0 atom stereocenters. The molecule has 0 aliphatic heterocycles. The van der Waals surface area contributed by atoms with Crippen LogP contribution in [0.4, 0.5) is 42.5 Å². The van der Waals surface area contributed by atoms with Gasteiger partial charge in [0.1, 0.15) is 0 Å². The normalized spacial score (nSPS) is 11.6. The van der Waals surface area contributed by atoms with Crippen molar-refractivity contribution in [2.75, 3.05) is 4.90 Å². The largest absolute Gasteiger partial charge is 0.419 e. The van der Waals surface area contributed by atoms with Gasteiger partial charge in [0.15, 0.2) is 0 Å². The van der Waals surface area contributed by atoms with E-state index in [0.29, 0.717) is 6.07 Å². The minimum absolute atomic E-state index is 0.199. The number of urea groups is 1. The zero-order chi connectivity index (χ0) is 19.5. The summed E-state index contributed by atoms with van der Waals surface area (Å²) in [6, 6.07) is 6.73. The Morgan fingerprint density at radius 3 is 2.04 bits per heavy atom. The van der Waals surface area contributed by atoms with Crippen LogP contribution in [-0.4, -0.2) is 6.03 Å². The predicted octanol–water partition coefficient (Wildman–Crippen LogP) is 6.29. The number of carbonyl (C=O) groups is 1. The summed E-state index contributed by atoms with van der Waals surface area (Å²) in [6.45, 7) is 0. The maximum absolute atomic E-state index is 13.4. The summed E-state index contributed by atoms with van der Waals surface area (Å²) in [7, 11) is 0. The summed E-state index contributed by atoms with van der Waals surface area (Å²) < 4.78 is 79.5. The lowest BCUT2D eigenvalue weighted by Gasteiger charge is -2.26. The van der Waals surface area contributed by atoms with E-state index in [-0.39, 0.29) is 16.7 Å². The Balaban J connectivity index is 2.85. The number of para-hydroxylation sites is 1. The number of anilines is 2. The molecule has 0 saturated carbocycles. The van der Waals surface area contributed by atoms with Crippen molar-refractivity contribution in [1.29, 1.82) is 0 Å². The molecule has 0 fully saturated rings. The molecule has 5 nitrogen and oxygen atoms in total. The molecule has 0 heterocycles. The van der Waals surface area contributed by atoms with Crippen LogP contribution in [0.1, 0.15) is 11.1 Å². The van der Waals surface area contributed by atoms with Gasteiger partial charge in [-0.3, -0.25) is 9.69 Å². The van der Waals surface area contributed by atoms with E-state index in [1.165, 1.54) is 30.3 Å². The summed E-state index contributed by atoms with van der Waals surface area (Å²) in [5.74, 6) is 0. The third-order valence-electron chi connectivity index (χ3n) is 3.21. The number of rotatable bonds is 2. The number of alkyl halides is 6. The molecular formula is C15H8F6N4O. The van der Waals surface area contributed by atoms with E-state index in [1.54, 1.807) is 0 Å². The third kappa shape index (κ3) is 3.89. The smallest absolute Gasteiger partial charge is 0.275 e. The molecule has 0 radical (unpaired) electrons. The molecule has 0 aliphatic rings. The molecule has 136 valence electrons. The van der Waals surface area contributed by atoms with Crippen molar-refractivity contribution in [2.45, 2.75) is 12.4 Å². The number of carbonyl (C=O) groups excluding carboxylic acids is 1. The maximum Gasteiger partial charge on any atom is 0.419 e. The molecule has 2 aromatic carbocycles. The van der Waals surface area contributed by atoms with Gasteiger partial charge in [-0.2, -0.15) is 26.3 Å². The minimum Gasteiger partial charge on any atom is -0.275 e. The average Bonchev–Trinajstić information content (AvgIpc) is 2.54. The van der Waals surface area contributed by atoms with Gasteiger partial charge in [0, 0.05) is 15.7 Å². The number of benzene rings is 2. The molecule has 0 aliphatic carbocycles. The molecule has 0 N–H and O–H groups in total. The van der Waals surface area contributed by atoms with E-state index in [9.17, 15) is 31.1 Å². The lowest BCUT2D eigenvalue weighted by Crippen LogP contribution is -2.27. The molecule has 0 bridgehead atoms. The fourth-order valence-corrected chi connectivity index (χ4v) is 2.27. The van der Waals surface area contributed by atoms with Crippen LogP contribution in [0.2, 0.25) is 0 Å². The number of hydrogen-bond acceptors (Lipinski definition) is 1. The Labute approximate surface area is 142 Å². The second-order valence-corrected chi connectivity index (χ2v) is 4.84. The van der Waals surface area contributed by atoms with Crippen molar-refractivity contribution >= 4 is 17.4 Å². The maximum atomic E-state index is 13.4. The Bertz CT molecular complexity index is 857. The van der Waals surface area contributed by atoms with E-state index in [0.717, 1.165) is 6.07 Å². The van der Waals surface area contributed by atoms with E-state index < -0.39 is 35.2 Å². The highest BCUT2D eigenvalue weighted by Gasteiger charge is 2.46. The standard InChI is InChI=1S/C15H8F6N4O/c16-14(17,18)10-7-4-8-11(12(10)15(19,20)21)25(13(26)23-24-22)9-5-2-1-3-6-9/h1-8H.